The Bertz CT molecular complexity index is 466. The number of hydrogen-bond donors (Lipinski definition) is 1. The lowest BCUT2D eigenvalue weighted by atomic mass is 10.2. The summed E-state index contributed by atoms with van der Waals surface area (Å²) in [7, 11) is 0. The highest BCUT2D eigenvalue weighted by molar-refractivity contribution is 5.92. The third-order valence-corrected chi connectivity index (χ3v) is 3.84. The van der Waals surface area contributed by atoms with Gasteiger partial charge in [0.1, 0.15) is 5.69 Å². The second-order valence-corrected chi connectivity index (χ2v) is 5.35. The molecule has 2 aliphatic heterocycles. The first-order valence-corrected chi connectivity index (χ1v) is 7.51. The van der Waals surface area contributed by atoms with Crippen molar-refractivity contribution in [3.8, 4) is 0 Å². The zero-order chi connectivity index (χ0) is 14.5. The number of aromatic nitrogens is 1. The lowest BCUT2D eigenvalue weighted by Gasteiger charge is -2.26. The van der Waals surface area contributed by atoms with Gasteiger partial charge >= 0.3 is 0 Å². The Kier molecular flexibility index (Phi) is 4.67. The van der Waals surface area contributed by atoms with Gasteiger partial charge in [0.05, 0.1) is 31.2 Å². The number of morpholine rings is 1. The molecule has 0 radical (unpaired) electrons. The molecule has 0 aromatic carbocycles. The first kappa shape index (κ1) is 14.3. The fourth-order valence-corrected chi connectivity index (χ4v) is 2.59. The van der Waals surface area contributed by atoms with Gasteiger partial charge in [0.25, 0.3) is 5.91 Å². The third kappa shape index (κ3) is 3.71. The van der Waals surface area contributed by atoms with Gasteiger partial charge < -0.3 is 19.7 Å². The summed E-state index contributed by atoms with van der Waals surface area (Å²) >= 11 is 0. The number of pyridine rings is 1. The molecule has 0 saturated carbocycles. The number of anilines is 1. The molecule has 2 saturated heterocycles. The van der Waals surface area contributed by atoms with Crippen LogP contribution in [0.5, 0.6) is 0 Å². The van der Waals surface area contributed by atoms with Crippen molar-refractivity contribution in [2.45, 2.75) is 18.9 Å². The summed E-state index contributed by atoms with van der Waals surface area (Å²) in [6, 6.07) is 3.67. The minimum Gasteiger partial charge on any atom is -0.381 e. The molecular formula is C15H21N3O3. The second-order valence-electron chi connectivity index (χ2n) is 5.35. The molecule has 0 bridgehead atoms. The molecule has 1 aromatic heterocycles. The molecule has 3 rings (SSSR count). The van der Waals surface area contributed by atoms with Gasteiger partial charge in [-0.2, -0.15) is 0 Å². The number of nitrogens with one attached hydrogen (secondary N) is 1. The minimum absolute atomic E-state index is 0.0241. The van der Waals surface area contributed by atoms with E-state index in [1.807, 2.05) is 6.07 Å². The van der Waals surface area contributed by atoms with Crippen molar-refractivity contribution in [2.24, 2.45) is 0 Å². The number of ether oxygens (including phenoxy) is 2. The van der Waals surface area contributed by atoms with Crippen molar-refractivity contribution >= 4 is 11.6 Å². The van der Waals surface area contributed by atoms with Crippen molar-refractivity contribution in [1.82, 2.24) is 9.88 Å². The molecule has 3 heterocycles. The summed E-state index contributed by atoms with van der Waals surface area (Å²) in [5.41, 5.74) is 1.41. The SMILES string of the molecule is O=C(c1ccc(NCC2CCCO2)cn1)N1CCOCC1. The Hall–Kier alpha value is -1.66. The summed E-state index contributed by atoms with van der Waals surface area (Å²) < 4.78 is 10.8. The highest BCUT2D eigenvalue weighted by atomic mass is 16.5. The summed E-state index contributed by atoms with van der Waals surface area (Å²) in [6.07, 6.45) is 4.24. The van der Waals surface area contributed by atoms with Crippen molar-refractivity contribution in [3.63, 3.8) is 0 Å². The molecule has 0 spiro atoms. The molecular weight excluding hydrogens is 270 g/mol. The summed E-state index contributed by atoms with van der Waals surface area (Å²) in [5.74, 6) is -0.0241. The predicted octanol–water partition coefficient (Wildman–Crippen LogP) is 1.14. The van der Waals surface area contributed by atoms with E-state index in [2.05, 4.69) is 10.3 Å². The maximum absolute atomic E-state index is 12.2. The monoisotopic (exact) mass is 291 g/mol. The summed E-state index contributed by atoms with van der Waals surface area (Å²) in [4.78, 5) is 18.3. The van der Waals surface area contributed by atoms with Crippen LogP contribution in [0.2, 0.25) is 0 Å². The Morgan fingerprint density at radius 2 is 2.19 bits per heavy atom. The van der Waals surface area contributed by atoms with Gasteiger partial charge in [0.15, 0.2) is 0 Å². The molecule has 6 heteroatoms. The predicted molar refractivity (Wildman–Crippen MR) is 78.4 cm³/mol. The Morgan fingerprint density at radius 1 is 1.33 bits per heavy atom. The van der Waals surface area contributed by atoms with E-state index in [9.17, 15) is 4.79 Å². The quantitative estimate of drug-likeness (QED) is 0.901. The zero-order valence-electron chi connectivity index (χ0n) is 12.1. The normalized spacial score (nSPS) is 22.3. The van der Waals surface area contributed by atoms with Crippen LogP contribution in [0, 0.1) is 0 Å². The van der Waals surface area contributed by atoms with Crippen LogP contribution in [0.15, 0.2) is 18.3 Å². The fraction of sp³-hybridized carbons (Fsp3) is 0.600. The smallest absolute Gasteiger partial charge is 0.272 e. The fourth-order valence-electron chi connectivity index (χ4n) is 2.59. The minimum atomic E-state index is -0.0241. The van der Waals surface area contributed by atoms with Crippen LogP contribution in [-0.4, -0.2) is 61.3 Å². The topological polar surface area (TPSA) is 63.7 Å². The average Bonchev–Trinajstić information content (AvgIpc) is 3.07. The van der Waals surface area contributed by atoms with E-state index in [0.29, 0.717) is 38.1 Å². The Morgan fingerprint density at radius 3 is 2.86 bits per heavy atom. The largest absolute Gasteiger partial charge is 0.381 e. The molecule has 1 unspecified atom stereocenters. The standard InChI is InChI=1S/C15H21N3O3/c19-15(18-5-8-20-9-6-18)14-4-3-12(10-17-14)16-11-13-2-1-7-21-13/h3-4,10,13,16H,1-2,5-9,11H2. The Labute approximate surface area is 124 Å². The van der Waals surface area contributed by atoms with E-state index in [1.54, 1.807) is 17.2 Å². The first-order chi connectivity index (χ1) is 10.3. The van der Waals surface area contributed by atoms with Gasteiger partial charge in [-0.15, -0.1) is 0 Å². The lowest BCUT2D eigenvalue weighted by Crippen LogP contribution is -2.41. The lowest BCUT2D eigenvalue weighted by molar-refractivity contribution is 0.0299. The summed E-state index contributed by atoms with van der Waals surface area (Å²) in [6.45, 7) is 4.13. The van der Waals surface area contributed by atoms with E-state index < -0.39 is 0 Å². The third-order valence-electron chi connectivity index (χ3n) is 3.84. The van der Waals surface area contributed by atoms with Crippen LogP contribution in [0.3, 0.4) is 0 Å². The van der Waals surface area contributed by atoms with Crippen LogP contribution in [0.25, 0.3) is 0 Å². The van der Waals surface area contributed by atoms with Crippen molar-refractivity contribution in [1.29, 1.82) is 0 Å². The zero-order valence-corrected chi connectivity index (χ0v) is 12.1. The van der Waals surface area contributed by atoms with Crippen LogP contribution in [-0.2, 0) is 9.47 Å². The van der Waals surface area contributed by atoms with Crippen LogP contribution < -0.4 is 5.32 Å². The number of carbonyl (C=O) groups excluding carboxylic acids is 1. The molecule has 1 amide bonds. The van der Waals surface area contributed by atoms with Gasteiger partial charge in [-0.1, -0.05) is 0 Å². The van der Waals surface area contributed by atoms with E-state index in [0.717, 1.165) is 31.7 Å². The highest BCUT2D eigenvalue weighted by Crippen LogP contribution is 2.14. The summed E-state index contributed by atoms with van der Waals surface area (Å²) in [5, 5.41) is 3.30. The van der Waals surface area contributed by atoms with Gasteiger partial charge in [0.2, 0.25) is 0 Å². The van der Waals surface area contributed by atoms with Gasteiger partial charge in [-0.3, -0.25) is 4.79 Å². The molecule has 21 heavy (non-hydrogen) atoms. The maximum Gasteiger partial charge on any atom is 0.272 e. The van der Waals surface area contributed by atoms with Gasteiger partial charge in [0, 0.05) is 26.2 Å². The molecule has 1 aromatic rings. The Balaban J connectivity index is 1.54. The number of nitrogens with zero attached hydrogens (tertiary/aromatic N) is 2. The highest BCUT2D eigenvalue weighted by Gasteiger charge is 2.19. The molecule has 6 nitrogen and oxygen atoms in total. The number of amides is 1. The van der Waals surface area contributed by atoms with Gasteiger partial charge in [-0.25, -0.2) is 4.98 Å². The van der Waals surface area contributed by atoms with Crippen molar-refractivity contribution < 1.29 is 14.3 Å². The van der Waals surface area contributed by atoms with Crippen molar-refractivity contribution in [3.05, 3.63) is 24.0 Å². The van der Waals surface area contributed by atoms with E-state index in [1.165, 1.54) is 0 Å². The van der Waals surface area contributed by atoms with Gasteiger partial charge in [-0.05, 0) is 25.0 Å². The number of hydrogen-bond acceptors (Lipinski definition) is 5. The van der Waals surface area contributed by atoms with E-state index >= 15 is 0 Å². The first-order valence-electron chi connectivity index (χ1n) is 7.51. The molecule has 2 aliphatic rings. The van der Waals surface area contributed by atoms with Crippen molar-refractivity contribution in [2.75, 3.05) is 44.8 Å². The van der Waals surface area contributed by atoms with Crippen LogP contribution >= 0.6 is 0 Å². The van der Waals surface area contributed by atoms with E-state index in [4.69, 9.17) is 9.47 Å². The molecule has 114 valence electrons. The number of rotatable bonds is 4. The second kappa shape index (κ2) is 6.87. The number of carbonyl (C=O) groups is 1. The molecule has 2 fully saturated rings. The van der Waals surface area contributed by atoms with E-state index in [-0.39, 0.29) is 5.91 Å². The average molecular weight is 291 g/mol. The van der Waals surface area contributed by atoms with Crippen LogP contribution in [0.1, 0.15) is 23.3 Å². The molecule has 1 atom stereocenters. The molecule has 0 aliphatic carbocycles. The molecule has 1 N–H and O–H groups in total. The maximum atomic E-state index is 12.2. The van der Waals surface area contributed by atoms with Crippen LogP contribution in [0.4, 0.5) is 5.69 Å².